The van der Waals surface area contributed by atoms with Crippen molar-refractivity contribution in [1.82, 2.24) is 0 Å². The second kappa shape index (κ2) is 4.83. The fourth-order valence-corrected chi connectivity index (χ4v) is 1.50. The predicted molar refractivity (Wildman–Crippen MR) is 63.0 cm³/mol. The minimum Gasteiger partial charge on any atom is -0.478 e. The Bertz CT molecular complexity index is 599. The molecule has 0 saturated carbocycles. The number of aromatic carboxylic acids is 1. The van der Waals surface area contributed by atoms with E-state index in [9.17, 15) is 13.6 Å². The smallest absolute Gasteiger partial charge is 0.335 e. The number of anilines is 2. The molecule has 0 aliphatic rings. The third kappa shape index (κ3) is 2.63. The third-order valence-electron chi connectivity index (χ3n) is 2.30. The van der Waals surface area contributed by atoms with Gasteiger partial charge in [0.05, 0.1) is 11.3 Å². The number of para-hydroxylation sites is 1. The van der Waals surface area contributed by atoms with Crippen LogP contribution in [0.1, 0.15) is 10.4 Å². The number of carbonyl (C=O) groups is 1. The quantitative estimate of drug-likeness (QED) is 0.876. The minimum absolute atomic E-state index is 0.152. The van der Waals surface area contributed by atoms with Crippen molar-refractivity contribution in [2.24, 2.45) is 0 Å². The fraction of sp³-hybridized carbons (Fsp3) is 0. The summed E-state index contributed by atoms with van der Waals surface area (Å²) in [6, 6.07) is 9.09. The number of carboxylic acid groups (broad SMARTS) is 1. The van der Waals surface area contributed by atoms with E-state index in [1.807, 2.05) is 0 Å². The van der Waals surface area contributed by atoms with Crippen LogP contribution in [0, 0.1) is 11.6 Å². The molecule has 0 heterocycles. The molecule has 0 atom stereocenters. The van der Waals surface area contributed by atoms with E-state index < -0.39 is 17.6 Å². The van der Waals surface area contributed by atoms with Gasteiger partial charge in [0.25, 0.3) is 0 Å². The summed E-state index contributed by atoms with van der Waals surface area (Å²) in [5.74, 6) is -2.45. The van der Waals surface area contributed by atoms with Crippen molar-refractivity contribution in [2.75, 3.05) is 5.32 Å². The van der Waals surface area contributed by atoms with E-state index in [0.29, 0.717) is 0 Å². The van der Waals surface area contributed by atoms with Crippen LogP contribution in [0.2, 0.25) is 0 Å². The molecule has 0 bridgehead atoms. The Kier molecular flexibility index (Phi) is 3.23. The molecule has 0 amide bonds. The normalized spacial score (nSPS) is 10.1. The Labute approximate surface area is 102 Å². The summed E-state index contributed by atoms with van der Waals surface area (Å²) in [6.07, 6.45) is 0. The Morgan fingerprint density at radius 2 is 1.83 bits per heavy atom. The van der Waals surface area contributed by atoms with Crippen molar-refractivity contribution in [1.29, 1.82) is 0 Å². The molecule has 0 aromatic heterocycles. The number of benzene rings is 2. The van der Waals surface area contributed by atoms with Gasteiger partial charge in [-0.15, -0.1) is 0 Å². The summed E-state index contributed by atoms with van der Waals surface area (Å²) in [5.41, 5.74) is 0.130. The SMILES string of the molecule is O=C(O)c1cc(F)cc(Nc2ccccc2F)c1. The van der Waals surface area contributed by atoms with E-state index in [0.717, 1.165) is 12.1 Å². The van der Waals surface area contributed by atoms with Crippen molar-refractivity contribution in [3.63, 3.8) is 0 Å². The average Bonchev–Trinajstić information content (AvgIpc) is 2.31. The lowest BCUT2D eigenvalue weighted by molar-refractivity contribution is 0.0696. The molecule has 0 fully saturated rings. The first-order valence-corrected chi connectivity index (χ1v) is 5.12. The second-order valence-electron chi connectivity index (χ2n) is 3.64. The van der Waals surface area contributed by atoms with Crippen LogP contribution in [-0.4, -0.2) is 11.1 Å². The van der Waals surface area contributed by atoms with Crippen molar-refractivity contribution in [3.8, 4) is 0 Å². The van der Waals surface area contributed by atoms with Crippen LogP contribution >= 0.6 is 0 Å². The van der Waals surface area contributed by atoms with E-state index >= 15 is 0 Å². The minimum atomic E-state index is -1.24. The molecule has 2 aromatic rings. The summed E-state index contributed by atoms with van der Waals surface area (Å²) < 4.78 is 26.6. The molecular formula is C13H9F2NO2. The predicted octanol–water partition coefficient (Wildman–Crippen LogP) is 3.41. The number of halogens is 2. The van der Waals surface area contributed by atoms with Crippen LogP contribution in [0.25, 0.3) is 0 Å². The van der Waals surface area contributed by atoms with Gasteiger partial charge >= 0.3 is 5.97 Å². The van der Waals surface area contributed by atoms with Crippen LogP contribution in [0.15, 0.2) is 42.5 Å². The van der Waals surface area contributed by atoms with Crippen LogP contribution in [0.4, 0.5) is 20.2 Å². The maximum Gasteiger partial charge on any atom is 0.335 e. The maximum atomic E-state index is 13.4. The van der Waals surface area contributed by atoms with Gasteiger partial charge in [0.1, 0.15) is 11.6 Å². The summed E-state index contributed by atoms with van der Waals surface area (Å²) in [5, 5.41) is 11.4. The lowest BCUT2D eigenvalue weighted by Crippen LogP contribution is -2.00. The molecule has 0 aliphatic carbocycles. The first-order valence-electron chi connectivity index (χ1n) is 5.12. The van der Waals surface area contributed by atoms with Gasteiger partial charge in [-0.1, -0.05) is 12.1 Å². The summed E-state index contributed by atoms with van der Waals surface area (Å²) in [7, 11) is 0. The van der Waals surface area contributed by atoms with Crippen LogP contribution in [0.5, 0.6) is 0 Å². The Hall–Kier alpha value is -2.43. The highest BCUT2D eigenvalue weighted by Gasteiger charge is 2.08. The summed E-state index contributed by atoms with van der Waals surface area (Å²) >= 11 is 0. The Morgan fingerprint density at radius 3 is 2.50 bits per heavy atom. The largest absolute Gasteiger partial charge is 0.478 e. The number of hydrogen-bond acceptors (Lipinski definition) is 2. The molecule has 2 rings (SSSR count). The van der Waals surface area contributed by atoms with E-state index in [-0.39, 0.29) is 16.9 Å². The van der Waals surface area contributed by atoms with E-state index in [4.69, 9.17) is 5.11 Å². The highest BCUT2D eigenvalue weighted by atomic mass is 19.1. The van der Waals surface area contributed by atoms with Gasteiger partial charge in [-0.3, -0.25) is 0 Å². The van der Waals surface area contributed by atoms with Crippen LogP contribution in [-0.2, 0) is 0 Å². The average molecular weight is 249 g/mol. The molecule has 0 spiro atoms. The topological polar surface area (TPSA) is 49.3 Å². The van der Waals surface area contributed by atoms with Gasteiger partial charge in [0, 0.05) is 5.69 Å². The molecule has 92 valence electrons. The van der Waals surface area contributed by atoms with Crippen molar-refractivity contribution in [3.05, 3.63) is 59.7 Å². The fourth-order valence-electron chi connectivity index (χ4n) is 1.50. The van der Waals surface area contributed by atoms with Crippen LogP contribution in [0.3, 0.4) is 0 Å². The van der Waals surface area contributed by atoms with Crippen LogP contribution < -0.4 is 5.32 Å². The van der Waals surface area contributed by atoms with Gasteiger partial charge in [-0.05, 0) is 30.3 Å². The first kappa shape index (κ1) is 12.0. The molecule has 0 radical (unpaired) electrons. The summed E-state index contributed by atoms with van der Waals surface area (Å²) in [4.78, 5) is 10.8. The molecule has 0 aliphatic heterocycles. The first-order chi connectivity index (χ1) is 8.56. The molecule has 18 heavy (non-hydrogen) atoms. The van der Waals surface area contributed by atoms with Crippen molar-refractivity contribution < 1.29 is 18.7 Å². The number of nitrogens with one attached hydrogen (secondary N) is 1. The van der Waals surface area contributed by atoms with Crippen molar-refractivity contribution in [2.45, 2.75) is 0 Å². The lowest BCUT2D eigenvalue weighted by atomic mass is 10.2. The molecule has 2 aromatic carbocycles. The Balaban J connectivity index is 2.35. The highest BCUT2D eigenvalue weighted by molar-refractivity contribution is 5.89. The van der Waals surface area contributed by atoms with Gasteiger partial charge in [0.15, 0.2) is 0 Å². The zero-order valence-electron chi connectivity index (χ0n) is 9.15. The van der Waals surface area contributed by atoms with Gasteiger partial charge in [-0.25, -0.2) is 13.6 Å². The molecule has 0 saturated heterocycles. The van der Waals surface area contributed by atoms with Gasteiger partial charge in [-0.2, -0.15) is 0 Å². The van der Waals surface area contributed by atoms with Crippen molar-refractivity contribution >= 4 is 17.3 Å². The van der Waals surface area contributed by atoms with Gasteiger partial charge < -0.3 is 10.4 Å². The molecule has 5 heteroatoms. The molecule has 3 nitrogen and oxygen atoms in total. The molecular weight excluding hydrogens is 240 g/mol. The summed E-state index contributed by atoms with van der Waals surface area (Å²) in [6.45, 7) is 0. The highest BCUT2D eigenvalue weighted by Crippen LogP contribution is 2.21. The third-order valence-corrected chi connectivity index (χ3v) is 2.30. The zero-order chi connectivity index (χ0) is 13.1. The number of carboxylic acids is 1. The monoisotopic (exact) mass is 249 g/mol. The van der Waals surface area contributed by atoms with E-state index in [1.54, 1.807) is 6.07 Å². The van der Waals surface area contributed by atoms with Gasteiger partial charge in [0.2, 0.25) is 0 Å². The number of hydrogen-bond donors (Lipinski definition) is 2. The standard InChI is InChI=1S/C13H9F2NO2/c14-9-5-8(13(17)18)6-10(7-9)16-12-4-2-1-3-11(12)15/h1-7,16H,(H,17,18). The Morgan fingerprint density at radius 1 is 1.11 bits per heavy atom. The number of rotatable bonds is 3. The molecule has 0 unspecified atom stereocenters. The lowest BCUT2D eigenvalue weighted by Gasteiger charge is -2.08. The zero-order valence-corrected chi connectivity index (χ0v) is 9.15. The molecule has 2 N–H and O–H groups in total. The van der Waals surface area contributed by atoms with E-state index in [2.05, 4.69) is 5.32 Å². The maximum absolute atomic E-state index is 13.4. The van der Waals surface area contributed by atoms with E-state index in [1.165, 1.54) is 24.3 Å². The second-order valence-corrected chi connectivity index (χ2v) is 3.64.